The quantitative estimate of drug-likeness (QED) is 0.0565. The number of aliphatic hydroxyl groups is 1. The first-order valence-corrected chi connectivity index (χ1v) is 22.0. The summed E-state index contributed by atoms with van der Waals surface area (Å²) in [5, 5.41) is 10.2. The molecule has 4 aromatic carbocycles. The summed E-state index contributed by atoms with van der Waals surface area (Å²) in [5.74, 6) is 66.9. The second kappa shape index (κ2) is 41.6. The van der Waals surface area contributed by atoms with Crippen molar-refractivity contribution >= 4 is 5.78 Å². The minimum absolute atomic E-state index is 0. The molecule has 0 spiro atoms. The van der Waals surface area contributed by atoms with E-state index in [9.17, 15) is 9.90 Å². The normalized spacial score (nSPS) is 9.79. The first-order chi connectivity index (χ1) is 35.1. The maximum absolute atomic E-state index is 12.1. The maximum atomic E-state index is 12.1. The van der Waals surface area contributed by atoms with Gasteiger partial charge in [0, 0.05) is 75.6 Å². The number of terminal acetylenes is 1. The number of benzene rings is 4. The van der Waals surface area contributed by atoms with Gasteiger partial charge in [0.25, 0.3) is 0 Å². The van der Waals surface area contributed by atoms with Crippen LogP contribution in [0, 0.1) is 166 Å². The second-order valence-electron chi connectivity index (χ2n) is 13.6. The van der Waals surface area contributed by atoms with Gasteiger partial charge in [-0.15, -0.1) is 19.6 Å². The third-order valence-electron chi connectivity index (χ3n) is 8.74. The zero-order valence-electron chi connectivity index (χ0n) is 39.6. The van der Waals surface area contributed by atoms with Crippen LogP contribution in [0.2, 0.25) is 0 Å². The van der Waals surface area contributed by atoms with Crippen LogP contribution in [0.5, 0.6) is 0 Å². The van der Waals surface area contributed by atoms with Crippen LogP contribution in [0.15, 0.2) is 171 Å². The third kappa shape index (κ3) is 29.7. The van der Waals surface area contributed by atoms with E-state index >= 15 is 0 Å². The Hall–Kier alpha value is -10.6. The Labute approximate surface area is 440 Å². The Balaban J connectivity index is 0.00000105. The molecule has 0 heterocycles. The van der Waals surface area contributed by atoms with Gasteiger partial charge < -0.3 is 5.11 Å². The molecule has 0 aliphatic carbocycles. The van der Waals surface area contributed by atoms with E-state index in [0.29, 0.717) is 5.56 Å². The van der Waals surface area contributed by atoms with Crippen LogP contribution < -0.4 is 0 Å². The molecule has 0 radical (unpaired) electrons. The first kappa shape index (κ1) is 62.4. The number of hydrogen-bond acceptors (Lipinski definition) is 4. The van der Waals surface area contributed by atoms with Crippen LogP contribution >= 0.6 is 0 Å². The number of ketones is 1. The van der Waals surface area contributed by atoms with Crippen molar-refractivity contribution in [2.24, 2.45) is 0 Å². The summed E-state index contributed by atoms with van der Waals surface area (Å²) in [7, 11) is 0. The SMILES string of the molecule is C.C#CC#CC#CC#CC#CC#CC#CC#CC#CC#CC#CC#CC#CC#CC.C=C[C@](C)(/C=C\C(=O)c1ccccc1)c1ccccc1.C=C[C@](C)(/C=C\C(O)c1ccccc1)c1ccccc1.[O]=[Mn]=[O]. The van der Waals surface area contributed by atoms with Gasteiger partial charge in [0.2, 0.25) is 0 Å². The standard InChI is InChI=1S/C29H4.C19H20O.C19H18O.CH4.Mn.2O/c1-3-5-7-9-11-13-15-17-19-21-23-25-27-29-28-26-24-22-20-18-16-14-12-10-8-6-4-2;2*1-3-19(2,17-12-8-5-9-13-17)15-14-18(20)16-10-6-4-7-11-16;;;;/h1H,2H3;3-15,18,20H,1H2,2H3;3-15H,1H2,2H3;1H4;;;/b;2*15-14-;;;;/t;18?,19-;19-;;;;/m.11..../s1. The zero-order valence-corrected chi connectivity index (χ0v) is 40.8. The Kier molecular flexibility index (Phi) is 35.6. The molecule has 5 heteroatoms. The van der Waals surface area contributed by atoms with E-state index in [4.69, 9.17) is 14.1 Å². The van der Waals surface area contributed by atoms with Crippen LogP contribution in [0.1, 0.15) is 61.4 Å². The molecular weight excluding hydrogens is 936 g/mol. The van der Waals surface area contributed by atoms with Gasteiger partial charge >= 0.3 is 22.5 Å². The van der Waals surface area contributed by atoms with Crippen molar-refractivity contribution in [2.45, 2.75) is 45.1 Å². The van der Waals surface area contributed by atoms with E-state index in [1.807, 2.05) is 146 Å². The predicted octanol–water partition coefficient (Wildman–Crippen LogP) is 10.1. The van der Waals surface area contributed by atoms with E-state index in [1.165, 1.54) is 0 Å². The van der Waals surface area contributed by atoms with Crippen LogP contribution in [0.4, 0.5) is 0 Å². The molecule has 0 aliphatic rings. The zero-order chi connectivity index (χ0) is 52.6. The monoisotopic (exact) mass is 981 g/mol. The molecule has 0 amide bonds. The van der Waals surface area contributed by atoms with E-state index in [0.717, 1.165) is 16.7 Å². The average molecular weight is 982 g/mol. The average Bonchev–Trinajstić information content (AvgIpc) is 3.43. The molecule has 3 atom stereocenters. The molecule has 0 saturated heterocycles. The van der Waals surface area contributed by atoms with Crippen molar-refractivity contribution in [3.63, 3.8) is 0 Å². The molecule has 73 heavy (non-hydrogen) atoms. The van der Waals surface area contributed by atoms with Gasteiger partial charge in [-0.1, -0.05) is 165 Å². The number of allylic oxidation sites excluding steroid dienone is 5. The third-order valence-corrected chi connectivity index (χ3v) is 8.74. The second-order valence-corrected chi connectivity index (χ2v) is 13.8. The summed E-state index contributed by atoms with van der Waals surface area (Å²) in [5.41, 5.74) is 3.24. The van der Waals surface area contributed by atoms with Crippen LogP contribution in [0.3, 0.4) is 0 Å². The van der Waals surface area contributed by atoms with Gasteiger partial charge in [0.15, 0.2) is 5.78 Å². The summed E-state index contributed by atoms with van der Waals surface area (Å²) in [4.78, 5) is 12.1. The van der Waals surface area contributed by atoms with Gasteiger partial charge in [-0.25, -0.2) is 0 Å². The summed E-state index contributed by atoms with van der Waals surface area (Å²) in [6.07, 6.45) is 15.4. The molecule has 4 nitrogen and oxygen atoms in total. The molecule has 0 aromatic heterocycles. The summed E-state index contributed by atoms with van der Waals surface area (Å²) >= 11 is -1.44. The van der Waals surface area contributed by atoms with Crippen LogP contribution in [-0.4, -0.2) is 10.9 Å². The number of rotatable bonds is 10. The van der Waals surface area contributed by atoms with E-state index in [-0.39, 0.29) is 24.0 Å². The molecule has 4 aromatic rings. The molecule has 1 unspecified atom stereocenters. The van der Waals surface area contributed by atoms with Crippen molar-refractivity contribution in [3.05, 3.63) is 193 Å². The van der Waals surface area contributed by atoms with Crippen LogP contribution in [-0.2, 0) is 33.3 Å². The van der Waals surface area contributed by atoms with Crippen LogP contribution in [0.25, 0.3) is 0 Å². The van der Waals surface area contributed by atoms with Gasteiger partial charge in [0.1, 0.15) is 0 Å². The van der Waals surface area contributed by atoms with Crippen molar-refractivity contribution in [3.8, 4) is 166 Å². The molecular formula is C68H46MnO4. The topological polar surface area (TPSA) is 71.4 Å². The Morgan fingerprint density at radius 1 is 0.507 bits per heavy atom. The predicted molar refractivity (Wildman–Crippen MR) is 292 cm³/mol. The molecule has 349 valence electrons. The van der Waals surface area contributed by atoms with E-state index in [2.05, 4.69) is 192 Å². The fourth-order valence-corrected chi connectivity index (χ4v) is 4.98. The van der Waals surface area contributed by atoms with Crippen molar-refractivity contribution in [2.75, 3.05) is 0 Å². The Bertz CT molecular complexity index is 3510. The molecule has 0 saturated carbocycles. The Morgan fingerprint density at radius 3 is 1.11 bits per heavy atom. The van der Waals surface area contributed by atoms with E-state index < -0.39 is 20.9 Å². The summed E-state index contributed by atoms with van der Waals surface area (Å²) < 4.78 is 16.8. The first-order valence-electron chi connectivity index (χ1n) is 21.0. The summed E-state index contributed by atoms with van der Waals surface area (Å²) in [6, 6.07) is 39.1. The number of aliphatic hydroxyl groups excluding tert-OH is 1. The molecule has 1 N–H and O–H groups in total. The number of carbonyl (C=O) groups excluding carboxylic acids is 1. The Morgan fingerprint density at radius 2 is 0.795 bits per heavy atom. The van der Waals surface area contributed by atoms with Gasteiger partial charge in [0.05, 0.1) is 6.10 Å². The van der Waals surface area contributed by atoms with Crippen molar-refractivity contribution < 1.29 is 32.4 Å². The van der Waals surface area contributed by atoms with E-state index in [1.54, 1.807) is 13.0 Å². The van der Waals surface area contributed by atoms with Gasteiger partial charge in [-0.3, -0.25) is 4.79 Å². The molecule has 4 rings (SSSR count). The summed E-state index contributed by atoms with van der Waals surface area (Å²) in [6.45, 7) is 13.6. The van der Waals surface area contributed by atoms with Crippen molar-refractivity contribution in [1.82, 2.24) is 0 Å². The molecule has 0 bridgehead atoms. The number of carbonyl (C=O) groups is 1. The number of hydrogen-bond donors (Lipinski definition) is 1. The fraction of sp³-hybridized carbons (Fsp3) is 0.103. The van der Waals surface area contributed by atoms with Gasteiger partial charge in [-0.2, -0.15) is 0 Å². The van der Waals surface area contributed by atoms with Gasteiger partial charge in [-0.05, 0) is 138 Å². The van der Waals surface area contributed by atoms with Crippen molar-refractivity contribution in [1.29, 1.82) is 0 Å². The molecule has 0 aliphatic heterocycles. The fourth-order valence-electron chi connectivity index (χ4n) is 4.98. The minimum atomic E-state index is -1.44. The molecule has 0 fully saturated rings.